The number of fused-ring (bicyclic) bond motifs is 1. The van der Waals surface area contributed by atoms with E-state index in [-0.39, 0.29) is 17.4 Å². The molecule has 0 aromatic rings. The third-order valence-corrected chi connectivity index (χ3v) is 3.01. The normalized spacial score (nSPS) is 58.7. The Morgan fingerprint density at radius 1 is 1.80 bits per heavy atom. The highest BCUT2D eigenvalue weighted by Gasteiger charge is 2.69. The number of hydrogen-bond acceptors (Lipinski definition) is 3. The number of piperidine rings is 1. The van der Waals surface area contributed by atoms with Crippen LogP contribution in [0, 0.1) is 0 Å². The molecule has 1 aliphatic heterocycles. The minimum atomic E-state index is -0.435. The first-order valence-electron chi connectivity index (χ1n) is 3.52. The van der Waals surface area contributed by atoms with Crippen molar-refractivity contribution < 1.29 is 9.90 Å². The van der Waals surface area contributed by atoms with Crippen LogP contribution in [0.25, 0.3) is 0 Å². The number of likely N-dealkylation sites (tertiary alicyclic amines) is 1. The molecule has 3 nitrogen and oxygen atoms in total. The summed E-state index contributed by atoms with van der Waals surface area (Å²) in [6, 6.07) is 0.0162. The fraction of sp³-hybridized carbons (Fsp3) is 0.857. The lowest BCUT2D eigenvalue weighted by atomic mass is 10.1. The van der Waals surface area contributed by atoms with Crippen LogP contribution in [-0.4, -0.2) is 40.5 Å². The van der Waals surface area contributed by atoms with Crippen LogP contribution in [0.1, 0.15) is 13.3 Å². The Kier molecular flexibility index (Phi) is 0.904. The first kappa shape index (κ1) is 6.31. The van der Waals surface area contributed by atoms with Gasteiger partial charge in [0, 0.05) is 6.42 Å². The van der Waals surface area contributed by atoms with Gasteiger partial charge in [-0.15, -0.1) is 0 Å². The Hall–Kier alpha value is -0.410. The van der Waals surface area contributed by atoms with Crippen molar-refractivity contribution in [3.05, 3.63) is 0 Å². The first-order chi connectivity index (χ1) is 4.58. The van der Waals surface area contributed by atoms with E-state index in [1.54, 1.807) is 0 Å². The predicted molar refractivity (Wildman–Crippen MR) is 35.6 cm³/mol. The number of nitrogens with zero attached hydrogens (tertiary/aromatic N) is 1. The summed E-state index contributed by atoms with van der Waals surface area (Å²) in [4.78, 5) is 13.0. The molecule has 0 aromatic carbocycles. The van der Waals surface area contributed by atoms with Crippen LogP contribution < -0.4 is 0 Å². The molecule has 2 fully saturated rings. The molecule has 2 rings (SSSR count). The van der Waals surface area contributed by atoms with Gasteiger partial charge in [0.05, 0.1) is 17.7 Å². The molecule has 0 bridgehead atoms. The Morgan fingerprint density at radius 2 is 2.40 bits per heavy atom. The van der Waals surface area contributed by atoms with Crippen LogP contribution >= 0.6 is 0 Å². The molecular weight excluding hydrogens is 130 g/mol. The summed E-state index contributed by atoms with van der Waals surface area (Å²) < 4.78 is 0. The van der Waals surface area contributed by atoms with Gasteiger partial charge in [-0.05, 0) is 14.0 Å². The summed E-state index contributed by atoms with van der Waals surface area (Å²) in [7, 11) is 1.88. The molecule has 3 heteroatoms. The Bertz CT molecular complexity index is 204. The minimum Gasteiger partial charge on any atom is -0.391 e. The van der Waals surface area contributed by atoms with Crippen LogP contribution in [0.15, 0.2) is 0 Å². The Labute approximate surface area is 59.6 Å². The van der Waals surface area contributed by atoms with Crippen molar-refractivity contribution in [2.24, 2.45) is 0 Å². The van der Waals surface area contributed by atoms with Crippen molar-refractivity contribution in [2.75, 3.05) is 7.05 Å². The second kappa shape index (κ2) is 1.43. The topological polar surface area (TPSA) is 40.3 Å². The molecule has 2 aliphatic rings. The highest BCUT2D eigenvalue weighted by Crippen LogP contribution is 2.49. The van der Waals surface area contributed by atoms with Gasteiger partial charge in [-0.3, -0.25) is 9.69 Å². The van der Waals surface area contributed by atoms with Gasteiger partial charge in [0.2, 0.25) is 0 Å². The fourth-order valence-electron chi connectivity index (χ4n) is 2.03. The number of aliphatic hydroxyl groups excluding tert-OH is 1. The maximum atomic E-state index is 11.0. The second-order valence-electron chi connectivity index (χ2n) is 3.43. The number of rotatable bonds is 0. The molecule has 4 atom stereocenters. The number of ketones is 1. The molecule has 1 N–H and O–H groups in total. The van der Waals surface area contributed by atoms with E-state index >= 15 is 0 Å². The number of aliphatic hydroxyl groups is 1. The number of likely N-dealkylation sites (N-methyl/N-ethyl adjacent to an activating group) is 1. The van der Waals surface area contributed by atoms with Crippen LogP contribution in [0.3, 0.4) is 0 Å². The minimum absolute atomic E-state index is 0.0162. The summed E-state index contributed by atoms with van der Waals surface area (Å²) in [5, 5.41) is 9.38. The molecule has 0 radical (unpaired) electrons. The number of hydrogen-bond donors (Lipinski definition) is 1. The number of Topliss-reactive ketones (excluding diaryl/α,β-unsaturated/α-hetero) is 1. The van der Waals surface area contributed by atoms with Crippen LogP contribution in [0.2, 0.25) is 0 Å². The third-order valence-electron chi connectivity index (χ3n) is 3.01. The first-order valence-corrected chi connectivity index (χ1v) is 3.52. The molecule has 1 heterocycles. The van der Waals surface area contributed by atoms with Crippen molar-refractivity contribution in [3.63, 3.8) is 0 Å². The Morgan fingerprint density at radius 3 is 2.60 bits per heavy atom. The predicted octanol–water partition coefficient (Wildman–Crippen LogP) is -0.607. The van der Waals surface area contributed by atoms with E-state index in [0.29, 0.717) is 6.42 Å². The quantitative estimate of drug-likeness (QED) is 0.458. The van der Waals surface area contributed by atoms with Crippen molar-refractivity contribution in [1.29, 1.82) is 0 Å². The average Bonchev–Trinajstić information content (AvgIpc) is 2.28. The molecule has 0 spiro atoms. The lowest BCUT2D eigenvalue weighted by Gasteiger charge is -2.12. The highest BCUT2D eigenvalue weighted by molar-refractivity contribution is 5.93. The van der Waals surface area contributed by atoms with E-state index in [1.807, 2.05) is 18.9 Å². The van der Waals surface area contributed by atoms with Crippen LogP contribution in [-0.2, 0) is 4.79 Å². The summed E-state index contributed by atoms with van der Waals surface area (Å²) in [6.07, 6.45) is -0.0825. The smallest absolute Gasteiger partial charge is 0.154 e. The van der Waals surface area contributed by atoms with Gasteiger partial charge in [-0.1, -0.05) is 0 Å². The van der Waals surface area contributed by atoms with Gasteiger partial charge in [0.1, 0.15) is 0 Å². The summed E-state index contributed by atoms with van der Waals surface area (Å²) in [5.41, 5.74) is -0.211. The van der Waals surface area contributed by atoms with E-state index in [0.717, 1.165) is 0 Å². The van der Waals surface area contributed by atoms with Gasteiger partial charge >= 0.3 is 0 Å². The summed E-state index contributed by atoms with van der Waals surface area (Å²) in [6.45, 7) is 1.94. The standard InChI is InChI=1S/C7H11NO2/c1-7-5(10)3-4(9)6(7)8(7)2/h5-6,10H,3H2,1-2H3/t5-,6+,7-,8?/m0/s1. The van der Waals surface area contributed by atoms with E-state index in [4.69, 9.17) is 0 Å². The third kappa shape index (κ3) is 0.433. The SMILES string of the molecule is CN1[C@@H]2C(=O)C[C@H](O)[C@@]21C. The molecule has 10 heavy (non-hydrogen) atoms. The van der Waals surface area contributed by atoms with Gasteiger partial charge in [0.15, 0.2) is 5.78 Å². The summed E-state index contributed by atoms with van der Waals surface area (Å²) >= 11 is 0. The van der Waals surface area contributed by atoms with E-state index in [1.165, 1.54) is 0 Å². The zero-order valence-electron chi connectivity index (χ0n) is 6.16. The largest absolute Gasteiger partial charge is 0.391 e. The molecule has 56 valence electrons. The number of carbonyl (C=O) groups is 1. The molecule has 1 saturated carbocycles. The monoisotopic (exact) mass is 141 g/mol. The van der Waals surface area contributed by atoms with Crippen molar-refractivity contribution in [2.45, 2.75) is 31.0 Å². The van der Waals surface area contributed by atoms with Crippen molar-refractivity contribution in [1.82, 2.24) is 4.90 Å². The van der Waals surface area contributed by atoms with Crippen LogP contribution in [0.4, 0.5) is 0 Å². The maximum Gasteiger partial charge on any atom is 0.154 e. The molecule has 0 aromatic heterocycles. The van der Waals surface area contributed by atoms with Crippen molar-refractivity contribution >= 4 is 5.78 Å². The molecule has 1 saturated heterocycles. The number of carbonyl (C=O) groups excluding carboxylic acids is 1. The Balaban J connectivity index is 2.31. The van der Waals surface area contributed by atoms with Gasteiger partial charge in [-0.2, -0.15) is 0 Å². The van der Waals surface area contributed by atoms with Crippen molar-refractivity contribution in [3.8, 4) is 0 Å². The lowest BCUT2D eigenvalue weighted by Crippen LogP contribution is -2.27. The van der Waals surface area contributed by atoms with Gasteiger partial charge in [0.25, 0.3) is 0 Å². The zero-order chi connectivity index (χ0) is 7.52. The second-order valence-corrected chi connectivity index (χ2v) is 3.43. The summed E-state index contributed by atoms with van der Waals surface area (Å²) in [5.74, 6) is 0.192. The maximum absolute atomic E-state index is 11.0. The molecule has 1 unspecified atom stereocenters. The van der Waals surface area contributed by atoms with E-state index in [2.05, 4.69) is 0 Å². The van der Waals surface area contributed by atoms with Gasteiger partial charge < -0.3 is 5.11 Å². The molecule has 1 aliphatic carbocycles. The average molecular weight is 141 g/mol. The molecular formula is C7H11NO2. The fourth-order valence-corrected chi connectivity index (χ4v) is 2.03. The van der Waals surface area contributed by atoms with Crippen LogP contribution in [0.5, 0.6) is 0 Å². The zero-order valence-corrected chi connectivity index (χ0v) is 6.16. The molecule has 0 amide bonds. The van der Waals surface area contributed by atoms with E-state index in [9.17, 15) is 9.90 Å². The van der Waals surface area contributed by atoms with Gasteiger partial charge in [-0.25, -0.2) is 0 Å². The lowest BCUT2D eigenvalue weighted by molar-refractivity contribution is -0.119. The van der Waals surface area contributed by atoms with E-state index < -0.39 is 6.10 Å². The highest BCUT2D eigenvalue weighted by atomic mass is 16.3.